The van der Waals surface area contributed by atoms with Crippen molar-refractivity contribution in [1.29, 1.82) is 0 Å². The quantitative estimate of drug-likeness (QED) is 0.477. The number of benzene rings is 2. The number of aryl methyl sites for hydroxylation is 1. The Morgan fingerprint density at radius 3 is 2.71 bits per heavy atom. The molecule has 1 saturated heterocycles. The lowest BCUT2D eigenvalue weighted by atomic mass is 10.1. The number of amides is 1. The number of anilines is 1. The van der Waals surface area contributed by atoms with E-state index in [9.17, 15) is 9.18 Å². The van der Waals surface area contributed by atoms with E-state index in [-0.39, 0.29) is 11.5 Å². The van der Waals surface area contributed by atoms with Gasteiger partial charge in [-0.1, -0.05) is 23.4 Å². The summed E-state index contributed by atoms with van der Waals surface area (Å²) >= 11 is 0. The van der Waals surface area contributed by atoms with Crippen LogP contribution in [-0.4, -0.2) is 57.0 Å². The molecular weight excluding hydrogens is 433 g/mol. The van der Waals surface area contributed by atoms with Gasteiger partial charge in [-0.25, -0.2) is 14.1 Å². The average molecular weight is 460 g/mol. The number of hydrogen-bond donors (Lipinski definition) is 2. The summed E-state index contributed by atoms with van der Waals surface area (Å²) in [7, 11) is 0. The third kappa shape index (κ3) is 4.40. The first-order valence-corrected chi connectivity index (χ1v) is 11.3. The van der Waals surface area contributed by atoms with Gasteiger partial charge >= 0.3 is 0 Å². The van der Waals surface area contributed by atoms with Gasteiger partial charge in [-0.05, 0) is 43.7 Å². The van der Waals surface area contributed by atoms with Crippen LogP contribution in [0.1, 0.15) is 27.3 Å². The summed E-state index contributed by atoms with van der Waals surface area (Å²) in [6.45, 7) is 7.96. The van der Waals surface area contributed by atoms with Crippen LogP contribution in [0, 0.1) is 19.7 Å². The third-order valence-corrected chi connectivity index (χ3v) is 6.16. The van der Waals surface area contributed by atoms with E-state index in [0.29, 0.717) is 29.1 Å². The second-order valence-electron chi connectivity index (χ2n) is 8.53. The van der Waals surface area contributed by atoms with Gasteiger partial charge in [0.2, 0.25) is 0 Å². The van der Waals surface area contributed by atoms with Gasteiger partial charge in [0.15, 0.2) is 5.69 Å². The summed E-state index contributed by atoms with van der Waals surface area (Å²) in [6, 6.07) is 14.6. The van der Waals surface area contributed by atoms with Crippen LogP contribution in [-0.2, 0) is 6.54 Å². The molecule has 0 saturated carbocycles. The van der Waals surface area contributed by atoms with Crippen molar-refractivity contribution in [3.8, 4) is 5.69 Å². The first kappa shape index (κ1) is 22.1. The van der Waals surface area contributed by atoms with Gasteiger partial charge in [-0.2, -0.15) is 0 Å². The highest BCUT2D eigenvalue weighted by Crippen LogP contribution is 2.22. The number of nitrogens with one attached hydrogen (secondary N) is 2. The SMILES string of the molecule is Cc1ccccc1-n1nnc(C(=O)Nc2ccc3cc(CN4CCNCC4)c(F)cc3n2)c1C. The summed E-state index contributed by atoms with van der Waals surface area (Å²) in [4.78, 5) is 19.6. The molecule has 2 aromatic carbocycles. The lowest BCUT2D eigenvalue weighted by molar-refractivity contribution is 0.102. The molecule has 4 aromatic rings. The molecule has 1 aliphatic rings. The number of hydrogen-bond acceptors (Lipinski definition) is 6. The number of carbonyl (C=O) groups is 1. The van der Waals surface area contributed by atoms with Crippen molar-refractivity contribution < 1.29 is 9.18 Å². The highest BCUT2D eigenvalue weighted by molar-refractivity contribution is 6.03. The van der Waals surface area contributed by atoms with Crippen molar-refractivity contribution in [2.75, 3.05) is 31.5 Å². The summed E-state index contributed by atoms with van der Waals surface area (Å²) in [5, 5.41) is 15.1. The number of para-hydroxylation sites is 1. The zero-order chi connectivity index (χ0) is 23.7. The van der Waals surface area contributed by atoms with Crippen LogP contribution in [0.4, 0.5) is 10.2 Å². The van der Waals surface area contributed by atoms with Gasteiger partial charge < -0.3 is 10.6 Å². The van der Waals surface area contributed by atoms with Crippen LogP contribution in [0.2, 0.25) is 0 Å². The maximum atomic E-state index is 14.8. The fourth-order valence-corrected chi connectivity index (χ4v) is 4.24. The Bertz CT molecular complexity index is 1360. The Morgan fingerprint density at radius 2 is 1.91 bits per heavy atom. The Balaban J connectivity index is 1.35. The summed E-state index contributed by atoms with van der Waals surface area (Å²) in [6.07, 6.45) is 0. The molecule has 9 heteroatoms. The highest BCUT2D eigenvalue weighted by Gasteiger charge is 2.19. The summed E-state index contributed by atoms with van der Waals surface area (Å²) in [5.41, 5.74) is 3.86. The van der Waals surface area contributed by atoms with E-state index in [2.05, 4.69) is 30.8 Å². The van der Waals surface area contributed by atoms with Gasteiger partial charge in [0.1, 0.15) is 11.6 Å². The van der Waals surface area contributed by atoms with Crippen LogP contribution >= 0.6 is 0 Å². The fourth-order valence-electron chi connectivity index (χ4n) is 4.24. The summed E-state index contributed by atoms with van der Waals surface area (Å²) < 4.78 is 16.4. The molecule has 1 amide bonds. The van der Waals surface area contributed by atoms with Gasteiger partial charge in [0.25, 0.3) is 5.91 Å². The Hall–Kier alpha value is -3.69. The molecule has 1 aliphatic heterocycles. The van der Waals surface area contributed by atoms with E-state index in [1.54, 1.807) is 17.7 Å². The molecule has 5 rings (SSSR count). The van der Waals surface area contributed by atoms with Crippen LogP contribution in [0.25, 0.3) is 16.6 Å². The molecule has 2 aromatic heterocycles. The van der Waals surface area contributed by atoms with Crippen LogP contribution in [0.15, 0.2) is 48.5 Å². The lowest BCUT2D eigenvalue weighted by Crippen LogP contribution is -2.43. The molecule has 8 nitrogen and oxygen atoms in total. The molecule has 34 heavy (non-hydrogen) atoms. The number of aromatic nitrogens is 4. The number of nitrogens with zero attached hydrogens (tertiary/aromatic N) is 5. The van der Waals surface area contributed by atoms with E-state index >= 15 is 0 Å². The predicted octanol–water partition coefficient (Wildman–Crippen LogP) is 3.23. The Kier molecular flexibility index (Phi) is 6.04. The van der Waals surface area contributed by atoms with Crippen molar-refractivity contribution in [2.24, 2.45) is 0 Å². The number of rotatable bonds is 5. The molecule has 1 fully saturated rings. The monoisotopic (exact) mass is 459 g/mol. The Labute approximate surface area is 196 Å². The normalized spacial score (nSPS) is 14.4. The Morgan fingerprint density at radius 1 is 1.12 bits per heavy atom. The van der Waals surface area contributed by atoms with Crippen molar-refractivity contribution in [3.63, 3.8) is 0 Å². The predicted molar refractivity (Wildman–Crippen MR) is 129 cm³/mol. The first-order chi connectivity index (χ1) is 16.5. The molecule has 0 unspecified atom stereocenters. The minimum atomic E-state index is -0.417. The largest absolute Gasteiger partial charge is 0.314 e. The minimum absolute atomic E-state index is 0.211. The van der Waals surface area contributed by atoms with Crippen LogP contribution < -0.4 is 10.6 Å². The standard InChI is InChI=1S/C25H26FN7O/c1-16-5-3-4-6-22(16)33-17(2)24(30-31-33)25(34)29-23-8-7-18-13-19(20(26)14-21(18)28-23)15-32-11-9-27-10-12-32/h3-8,13-14,27H,9-12,15H2,1-2H3,(H,28,29,34). The second kappa shape index (κ2) is 9.28. The van der Waals surface area contributed by atoms with Gasteiger partial charge in [-0.3, -0.25) is 9.69 Å². The number of halogens is 1. The first-order valence-electron chi connectivity index (χ1n) is 11.3. The van der Waals surface area contributed by atoms with Crippen molar-refractivity contribution in [3.05, 3.63) is 76.9 Å². The zero-order valence-corrected chi connectivity index (χ0v) is 19.2. The number of carbonyl (C=O) groups excluding carboxylic acids is 1. The van der Waals surface area contributed by atoms with Gasteiger partial charge in [0.05, 0.1) is 16.9 Å². The van der Waals surface area contributed by atoms with Crippen molar-refractivity contribution in [1.82, 2.24) is 30.2 Å². The molecule has 2 N–H and O–H groups in total. The van der Waals surface area contributed by atoms with E-state index < -0.39 is 5.91 Å². The smallest absolute Gasteiger partial charge is 0.279 e. The minimum Gasteiger partial charge on any atom is -0.314 e. The van der Waals surface area contributed by atoms with Gasteiger partial charge in [0, 0.05) is 49.7 Å². The van der Waals surface area contributed by atoms with E-state index in [4.69, 9.17) is 0 Å². The highest BCUT2D eigenvalue weighted by atomic mass is 19.1. The fraction of sp³-hybridized carbons (Fsp3) is 0.280. The van der Waals surface area contributed by atoms with E-state index in [1.807, 2.05) is 43.3 Å². The third-order valence-electron chi connectivity index (χ3n) is 6.16. The molecule has 0 radical (unpaired) electrons. The number of fused-ring (bicyclic) bond motifs is 1. The number of piperazine rings is 1. The second-order valence-corrected chi connectivity index (χ2v) is 8.53. The summed E-state index contributed by atoms with van der Waals surface area (Å²) in [5.74, 6) is -0.379. The molecule has 3 heterocycles. The molecule has 0 bridgehead atoms. The van der Waals surface area contributed by atoms with Crippen LogP contribution in [0.3, 0.4) is 0 Å². The molecule has 0 aliphatic carbocycles. The van der Waals surface area contributed by atoms with E-state index in [1.165, 1.54) is 6.07 Å². The van der Waals surface area contributed by atoms with Crippen molar-refractivity contribution in [2.45, 2.75) is 20.4 Å². The lowest BCUT2D eigenvalue weighted by Gasteiger charge is -2.27. The molecular formula is C25H26FN7O. The van der Waals surface area contributed by atoms with E-state index in [0.717, 1.165) is 42.8 Å². The number of pyridine rings is 1. The molecule has 0 atom stereocenters. The molecule has 174 valence electrons. The topological polar surface area (TPSA) is 88.0 Å². The average Bonchev–Trinajstić information content (AvgIpc) is 3.22. The molecule has 0 spiro atoms. The zero-order valence-electron chi connectivity index (χ0n) is 19.2. The maximum Gasteiger partial charge on any atom is 0.279 e. The van der Waals surface area contributed by atoms with Gasteiger partial charge in [-0.15, -0.1) is 5.10 Å². The van der Waals surface area contributed by atoms with Crippen LogP contribution in [0.5, 0.6) is 0 Å². The van der Waals surface area contributed by atoms with Crippen molar-refractivity contribution >= 4 is 22.6 Å². The maximum absolute atomic E-state index is 14.8.